The lowest BCUT2D eigenvalue weighted by molar-refractivity contribution is 0.415. The van der Waals surface area contributed by atoms with Crippen molar-refractivity contribution in [3.63, 3.8) is 0 Å². The highest BCUT2D eigenvalue weighted by Gasteiger charge is 2.22. The number of benzene rings is 2. The normalized spacial score (nSPS) is 16.4. The van der Waals surface area contributed by atoms with Gasteiger partial charge in [0.2, 0.25) is 0 Å². The molecular weight excluding hydrogens is 366 g/mol. The minimum Gasteiger partial charge on any atom is -0.497 e. The SMILES string of the molecule is COc1ccc(N2CCC(CNC(=S)Nc3cccc(Cl)c3C)C2)cc1. The topological polar surface area (TPSA) is 36.5 Å². The number of ether oxygens (including phenoxy) is 1. The maximum atomic E-state index is 6.15. The van der Waals surface area contributed by atoms with Crippen molar-refractivity contribution in [2.75, 3.05) is 37.0 Å². The molecule has 0 saturated carbocycles. The summed E-state index contributed by atoms with van der Waals surface area (Å²) in [5.41, 5.74) is 3.19. The molecular formula is C20H24ClN3OS. The van der Waals surface area contributed by atoms with Gasteiger partial charge in [-0.25, -0.2) is 0 Å². The molecule has 0 radical (unpaired) electrons. The Kier molecular flexibility index (Phi) is 6.22. The van der Waals surface area contributed by atoms with Gasteiger partial charge in [0, 0.05) is 36.0 Å². The van der Waals surface area contributed by atoms with Crippen molar-refractivity contribution in [3.05, 3.63) is 53.1 Å². The number of nitrogens with zero attached hydrogens (tertiary/aromatic N) is 1. The minimum absolute atomic E-state index is 0.567. The largest absolute Gasteiger partial charge is 0.497 e. The van der Waals surface area contributed by atoms with Gasteiger partial charge >= 0.3 is 0 Å². The summed E-state index contributed by atoms with van der Waals surface area (Å²) in [5, 5.41) is 7.96. The molecule has 1 aliphatic rings. The number of hydrogen-bond acceptors (Lipinski definition) is 3. The second-order valence-corrected chi connectivity index (χ2v) is 7.36. The average molecular weight is 390 g/mol. The van der Waals surface area contributed by atoms with Crippen molar-refractivity contribution in [3.8, 4) is 5.75 Å². The van der Waals surface area contributed by atoms with Crippen molar-refractivity contribution < 1.29 is 4.74 Å². The number of rotatable bonds is 5. The van der Waals surface area contributed by atoms with Gasteiger partial charge in [-0.05, 0) is 73.4 Å². The zero-order chi connectivity index (χ0) is 18.5. The van der Waals surface area contributed by atoms with Crippen LogP contribution >= 0.6 is 23.8 Å². The fraction of sp³-hybridized carbons (Fsp3) is 0.350. The van der Waals surface area contributed by atoms with Crippen LogP contribution in [0.15, 0.2) is 42.5 Å². The predicted molar refractivity (Wildman–Crippen MR) is 114 cm³/mol. The van der Waals surface area contributed by atoms with Gasteiger partial charge in [0.25, 0.3) is 0 Å². The lowest BCUT2D eigenvalue weighted by atomic mass is 10.1. The Bertz CT molecular complexity index is 766. The van der Waals surface area contributed by atoms with E-state index >= 15 is 0 Å². The molecule has 0 aliphatic carbocycles. The summed E-state index contributed by atoms with van der Waals surface area (Å²) < 4.78 is 5.22. The molecule has 138 valence electrons. The Labute approximate surface area is 165 Å². The number of hydrogen-bond donors (Lipinski definition) is 2. The minimum atomic E-state index is 0.567. The summed E-state index contributed by atoms with van der Waals surface area (Å²) in [4.78, 5) is 2.41. The number of halogens is 1. The van der Waals surface area contributed by atoms with E-state index in [1.807, 2.05) is 37.3 Å². The first kappa shape index (κ1) is 18.8. The molecule has 3 rings (SSSR count). The molecule has 1 saturated heterocycles. The number of methoxy groups -OCH3 is 1. The van der Waals surface area contributed by atoms with E-state index in [-0.39, 0.29) is 0 Å². The molecule has 0 spiro atoms. The molecule has 2 aromatic rings. The van der Waals surface area contributed by atoms with Crippen molar-refractivity contribution >= 4 is 40.3 Å². The number of thiocarbonyl (C=S) groups is 1. The molecule has 26 heavy (non-hydrogen) atoms. The molecule has 0 aromatic heterocycles. The van der Waals surface area contributed by atoms with Crippen LogP contribution in [-0.2, 0) is 0 Å². The van der Waals surface area contributed by atoms with E-state index in [1.165, 1.54) is 5.69 Å². The van der Waals surface area contributed by atoms with Crippen LogP contribution in [0.25, 0.3) is 0 Å². The lowest BCUT2D eigenvalue weighted by Gasteiger charge is -2.20. The van der Waals surface area contributed by atoms with Crippen molar-refractivity contribution in [1.29, 1.82) is 0 Å². The molecule has 1 aliphatic heterocycles. The van der Waals surface area contributed by atoms with E-state index < -0.39 is 0 Å². The zero-order valence-corrected chi connectivity index (χ0v) is 16.7. The van der Waals surface area contributed by atoms with Gasteiger partial charge in [-0.2, -0.15) is 0 Å². The van der Waals surface area contributed by atoms with Crippen LogP contribution in [0, 0.1) is 12.8 Å². The van der Waals surface area contributed by atoms with Gasteiger partial charge in [0.05, 0.1) is 7.11 Å². The van der Waals surface area contributed by atoms with Crippen LogP contribution in [0.5, 0.6) is 5.75 Å². The number of nitrogens with one attached hydrogen (secondary N) is 2. The smallest absolute Gasteiger partial charge is 0.170 e. The molecule has 1 heterocycles. The summed E-state index contributed by atoms with van der Waals surface area (Å²) >= 11 is 11.6. The van der Waals surface area contributed by atoms with Crippen LogP contribution < -0.4 is 20.3 Å². The van der Waals surface area contributed by atoms with Crippen LogP contribution in [0.3, 0.4) is 0 Å². The van der Waals surface area contributed by atoms with Gasteiger partial charge in [0.1, 0.15) is 5.75 Å². The summed E-state index contributed by atoms with van der Waals surface area (Å²) in [5.74, 6) is 1.45. The van der Waals surface area contributed by atoms with Gasteiger partial charge < -0.3 is 20.3 Å². The first-order valence-corrected chi connectivity index (χ1v) is 9.54. The molecule has 0 amide bonds. The molecule has 1 fully saturated rings. The Morgan fingerprint density at radius 2 is 2.04 bits per heavy atom. The van der Waals surface area contributed by atoms with Crippen LogP contribution in [-0.4, -0.2) is 31.9 Å². The quantitative estimate of drug-likeness (QED) is 0.738. The third-order valence-corrected chi connectivity index (χ3v) is 5.45. The first-order chi connectivity index (χ1) is 12.6. The van der Waals surface area contributed by atoms with Gasteiger partial charge in [-0.1, -0.05) is 17.7 Å². The average Bonchev–Trinajstić information content (AvgIpc) is 3.13. The summed E-state index contributed by atoms with van der Waals surface area (Å²) in [6, 6.07) is 14.0. The Morgan fingerprint density at radius 3 is 2.77 bits per heavy atom. The Balaban J connectivity index is 1.48. The first-order valence-electron chi connectivity index (χ1n) is 8.76. The highest BCUT2D eigenvalue weighted by atomic mass is 35.5. The highest BCUT2D eigenvalue weighted by Crippen LogP contribution is 2.26. The van der Waals surface area contributed by atoms with Gasteiger partial charge in [0.15, 0.2) is 5.11 Å². The highest BCUT2D eigenvalue weighted by molar-refractivity contribution is 7.80. The second-order valence-electron chi connectivity index (χ2n) is 6.55. The van der Waals surface area contributed by atoms with E-state index in [2.05, 4.69) is 27.7 Å². The van der Waals surface area contributed by atoms with Crippen molar-refractivity contribution in [1.82, 2.24) is 5.32 Å². The van der Waals surface area contributed by atoms with E-state index in [0.717, 1.165) is 48.1 Å². The molecule has 1 atom stereocenters. The Hall–Kier alpha value is -1.98. The molecule has 2 N–H and O–H groups in total. The lowest BCUT2D eigenvalue weighted by Crippen LogP contribution is -2.34. The third-order valence-electron chi connectivity index (χ3n) is 4.79. The van der Waals surface area contributed by atoms with Gasteiger partial charge in [-0.15, -0.1) is 0 Å². The predicted octanol–water partition coefficient (Wildman–Crippen LogP) is 4.47. The standard InChI is InChI=1S/C20H24ClN3OS/c1-14-18(21)4-3-5-19(14)23-20(26)22-12-15-10-11-24(13-15)16-6-8-17(25-2)9-7-16/h3-9,15H,10-13H2,1-2H3,(H2,22,23,26). The maximum Gasteiger partial charge on any atom is 0.170 e. The van der Waals surface area contributed by atoms with Gasteiger partial charge in [-0.3, -0.25) is 0 Å². The van der Waals surface area contributed by atoms with Crippen LogP contribution in [0.1, 0.15) is 12.0 Å². The summed E-state index contributed by atoms with van der Waals surface area (Å²) in [6.45, 7) is 4.93. The summed E-state index contributed by atoms with van der Waals surface area (Å²) in [6.07, 6.45) is 1.15. The van der Waals surface area contributed by atoms with E-state index in [4.69, 9.17) is 28.6 Å². The third kappa shape index (κ3) is 4.59. The fourth-order valence-corrected chi connectivity index (χ4v) is 3.54. The zero-order valence-electron chi connectivity index (χ0n) is 15.1. The van der Waals surface area contributed by atoms with E-state index in [0.29, 0.717) is 11.0 Å². The van der Waals surface area contributed by atoms with Crippen molar-refractivity contribution in [2.24, 2.45) is 5.92 Å². The second kappa shape index (κ2) is 8.60. The number of anilines is 2. The van der Waals surface area contributed by atoms with Crippen LogP contribution in [0.4, 0.5) is 11.4 Å². The maximum absolute atomic E-state index is 6.15. The molecule has 2 aromatic carbocycles. The fourth-order valence-electron chi connectivity index (χ4n) is 3.17. The summed E-state index contributed by atoms with van der Waals surface area (Å²) in [7, 11) is 1.69. The van der Waals surface area contributed by atoms with Crippen LogP contribution in [0.2, 0.25) is 5.02 Å². The molecule has 0 bridgehead atoms. The molecule has 1 unspecified atom stereocenters. The van der Waals surface area contributed by atoms with E-state index in [1.54, 1.807) is 7.11 Å². The Morgan fingerprint density at radius 1 is 1.27 bits per heavy atom. The molecule has 4 nitrogen and oxygen atoms in total. The molecule has 6 heteroatoms. The van der Waals surface area contributed by atoms with Crippen molar-refractivity contribution in [2.45, 2.75) is 13.3 Å². The monoisotopic (exact) mass is 389 g/mol. The van der Waals surface area contributed by atoms with E-state index in [9.17, 15) is 0 Å².